The highest BCUT2D eigenvalue weighted by Crippen LogP contribution is 2.25. The molecule has 128 valence electrons. The van der Waals surface area contributed by atoms with E-state index in [1.807, 2.05) is 31.2 Å². The number of hydrogen-bond acceptors (Lipinski definition) is 7. The Morgan fingerprint density at radius 3 is 2.64 bits per heavy atom. The average Bonchev–Trinajstić information content (AvgIpc) is 3.09. The Morgan fingerprint density at radius 1 is 1.16 bits per heavy atom. The van der Waals surface area contributed by atoms with E-state index >= 15 is 0 Å². The zero-order valence-electron chi connectivity index (χ0n) is 13.4. The van der Waals surface area contributed by atoms with Crippen molar-refractivity contribution in [1.29, 1.82) is 0 Å². The van der Waals surface area contributed by atoms with E-state index in [1.54, 1.807) is 12.1 Å². The second kappa shape index (κ2) is 7.80. The first-order valence-corrected chi connectivity index (χ1v) is 8.51. The molecule has 0 bridgehead atoms. The van der Waals surface area contributed by atoms with E-state index < -0.39 is 4.92 Å². The van der Waals surface area contributed by atoms with Crippen LogP contribution in [0, 0.1) is 17.0 Å². The Labute approximate surface area is 148 Å². The van der Waals surface area contributed by atoms with Crippen molar-refractivity contribution < 1.29 is 14.1 Å². The highest BCUT2D eigenvalue weighted by Gasteiger charge is 2.11. The van der Waals surface area contributed by atoms with Gasteiger partial charge in [0.2, 0.25) is 5.89 Å². The number of rotatable bonds is 7. The number of thioether (sulfide) groups is 1. The molecule has 0 spiro atoms. The fraction of sp³-hybridized carbons (Fsp3) is 0.176. The van der Waals surface area contributed by atoms with Crippen molar-refractivity contribution in [2.45, 2.75) is 12.1 Å². The highest BCUT2D eigenvalue weighted by atomic mass is 32.2. The first kappa shape index (κ1) is 17.0. The number of non-ortho nitro benzene ring substituents is 1. The Balaban J connectivity index is 1.53. The molecular formula is C17H15N3O4S. The number of nitro benzene ring substituents is 1. The van der Waals surface area contributed by atoms with E-state index in [0.29, 0.717) is 29.0 Å². The molecule has 0 aliphatic carbocycles. The van der Waals surface area contributed by atoms with Gasteiger partial charge in [0.25, 0.3) is 10.9 Å². The van der Waals surface area contributed by atoms with E-state index in [-0.39, 0.29) is 5.69 Å². The zero-order valence-corrected chi connectivity index (χ0v) is 14.2. The van der Waals surface area contributed by atoms with Crippen LogP contribution in [0.2, 0.25) is 0 Å². The van der Waals surface area contributed by atoms with Gasteiger partial charge in [0, 0.05) is 23.4 Å². The molecule has 3 rings (SSSR count). The number of para-hydroxylation sites is 1. The van der Waals surface area contributed by atoms with Crippen LogP contribution >= 0.6 is 11.8 Å². The zero-order chi connectivity index (χ0) is 17.6. The van der Waals surface area contributed by atoms with E-state index in [2.05, 4.69) is 10.2 Å². The van der Waals surface area contributed by atoms with Gasteiger partial charge in [-0.25, -0.2) is 0 Å². The molecule has 8 heteroatoms. The lowest BCUT2D eigenvalue weighted by Crippen LogP contribution is -2.01. The maximum atomic E-state index is 10.7. The molecule has 7 nitrogen and oxygen atoms in total. The normalized spacial score (nSPS) is 10.6. The summed E-state index contributed by atoms with van der Waals surface area (Å²) in [5, 5.41) is 19.0. The molecule has 0 atom stereocenters. The SMILES string of the molecule is Cc1ccccc1OCCSc1nnc(-c2ccc([N+](=O)[O-])cc2)o1. The van der Waals surface area contributed by atoms with Crippen LogP contribution in [0.1, 0.15) is 5.56 Å². The molecular weight excluding hydrogens is 342 g/mol. The van der Waals surface area contributed by atoms with Crippen LogP contribution in [0.4, 0.5) is 5.69 Å². The largest absolute Gasteiger partial charge is 0.492 e. The van der Waals surface area contributed by atoms with Gasteiger partial charge in [0.15, 0.2) is 0 Å². The fourth-order valence-electron chi connectivity index (χ4n) is 2.11. The van der Waals surface area contributed by atoms with Crippen LogP contribution in [-0.4, -0.2) is 27.5 Å². The summed E-state index contributed by atoms with van der Waals surface area (Å²) in [6.45, 7) is 2.52. The third-order valence-corrected chi connectivity index (χ3v) is 4.17. The Morgan fingerprint density at radius 2 is 1.92 bits per heavy atom. The van der Waals surface area contributed by atoms with Crippen LogP contribution in [0.25, 0.3) is 11.5 Å². The minimum Gasteiger partial charge on any atom is -0.492 e. The lowest BCUT2D eigenvalue weighted by Gasteiger charge is -2.07. The van der Waals surface area contributed by atoms with Gasteiger partial charge in [-0.05, 0) is 30.7 Å². The predicted molar refractivity (Wildman–Crippen MR) is 93.8 cm³/mol. The summed E-state index contributed by atoms with van der Waals surface area (Å²) in [6.07, 6.45) is 0. The van der Waals surface area contributed by atoms with E-state index in [0.717, 1.165) is 11.3 Å². The smallest absolute Gasteiger partial charge is 0.276 e. The van der Waals surface area contributed by atoms with Crippen molar-refractivity contribution in [2.75, 3.05) is 12.4 Å². The maximum Gasteiger partial charge on any atom is 0.276 e. The van der Waals surface area contributed by atoms with Crippen molar-refractivity contribution in [2.24, 2.45) is 0 Å². The topological polar surface area (TPSA) is 91.3 Å². The van der Waals surface area contributed by atoms with Crippen LogP contribution in [-0.2, 0) is 0 Å². The number of nitrogens with zero attached hydrogens (tertiary/aromatic N) is 3. The molecule has 0 saturated carbocycles. The van der Waals surface area contributed by atoms with Gasteiger partial charge in [-0.1, -0.05) is 30.0 Å². The molecule has 0 aliphatic heterocycles. The molecule has 1 aromatic heterocycles. The Hall–Kier alpha value is -2.87. The van der Waals surface area contributed by atoms with Crippen molar-refractivity contribution in [1.82, 2.24) is 10.2 Å². The second-order valence-electron chi connectivity index (χ2n) is 5.14. The summed E-state index contributed by atoms with van der Waals surface area (Å²) in [7, 11) is 0. The number of nitro groups is 1. The van der Waals surface area contributed by atoms with Gasteiger partial charge in [-0.15, -0.1) is 10.2 Å². The summed E-state index contributed by atoms with van der Waals surface area (Å²) in [5.41, 5.74) is 1.75. The van der Waals surface area contributed by atoms with Gasteiger partial charge < -0.3 is 9.15 Å². The van der Waals surface area contributed by atoms with Crippen molar-refractivity contribution in [3.05, 3.63) is 64.2 Å². The van der Waals surface area contributed by atoms with Crippen molar-refractivity contribution in [3.63, 3.8) is 0 Å². The van der Waals surface area contributed by atoms with E-state index in [1.165, 1.54) is 23.9 Å². The molecule has 2 aromatic carbocycles. The molecule has 0 N–H and O–H groups in total. The molecule has 3 aromatic rings. The van der Waals surface area contributed by atoms with Gasteiger partial charge in [-0.2, -0.15) is 0 Å². The summed E-state index contributed by atoms with van der Waals surface area (Å²) < 4.78 is 11.3. The number of aromatic nitrogens is 2. The van der Waals surface area contributed by atoms with Crippen molar-refractivity contribution in [3.8, 4) is 17.2 Å². The van der Waals surface area contributed by atoms with Gasteiger partial charge in [0.05, 0.1) is 11.5 Å². The monoisotopic (exact) mass is 357 g/mol. The van der Waals surface area contributed by atoms with E-state index in [9.17, 15) is 10.1 Å². The first-order chi connectivity index (χ1) is 12.1. The lowest BCUT2D eigenvalue weighted by molar-refractivity contribution is -0.384. The Kier molecular flexibility index (Phi) is 5.30. The van der Waals surface area contributed by atoms with Gasteiger partial charge >= 0.3 is 0 Å². The molecule has 0 radical (unpaired) electrons. The summed E-state index contributed by atoms with van der Waals surface area (Å²) in [6, 6.07) is 13.8. The minimum absolute atomic E-state index is 0.0196. The molecule has 25 heavy (non-hydrogen) atoms. The molecule has 0 unspecified atom stereocenters. The van der Waals surface area contributed by atoms with Gasteiger partial charge in [0.1, 0.15) is 5.75 Å². The molecule has 0 aliphatic rings. The third kappa shape index (κ3) is 4.36. The molecule has 0 saturated heterocycles. The standard InChI is InChI=1S/C17H15N3O4S/c1-12-4-2-3-5-15(12)23-10-11-25-17-19-18-16(24-17)13-6-8-14(9-7-13)20(21)22/h2-9H,10-11H2,1H3. The quantitative estimate of drug-likeness (QED) is 0.272. The molecule has 1 heterocycles. The van der Waals surface area contributed by atoms with E-state index in [4.69, 9.17) is 9.15 Å². The van der Waals surface area contributed by atoms with Crippen LogP contribution < -0.4 is 4.74 Å². The number of ether oxygens (including phenoxy) is 1. The lowest BCUT2D eigenvalue weighted by atomic mass is 10.2. The van der Waals surface area contributed by atoms with Crippen LogP contribution in [0.15, 0.2) is 58.2 Å². The fourth-order valence-corrected chi connectivity index (χ4v) is 2.69. The minimum atomic E-state index is -0.451. The Bertz CT molecular complexity index is 864. The van der Waals surface area contributed by atoms with Crippen LogP contribution in [0.5, 0.6) is 5.75 Å². The van der Waals surface area contributed by atoms with Crippen LogP contribution in [0.3, 0.4) is 0 Å². The number of aryl methyl sites for hydroxylation is 1. The predicted octanol–water partition coefficient (Wildman–Crippen LogP) is 4.12. The highest BCUT2D eigenvalue weighted by molar-refractivity contribution is 7.99. The summed E-state index contributed by atoms with van der Waals surface area (Å²) in [5.74, 6) is 1.85. The van der Waals surface area contributed by atoms with Gasteiger partial charge in [-0.3, -0.25) is 10.1 Å². The third-order valence-electron chi connectivity index (χ3n) is 3.39. The first-order valence-electron chi connectivity index (χ1n) is 7.53. The number of benzene rings is 2. The van der Waals surface area contributed by atoms with Crippen molar-refractivity contribution >= 4 is 17.4 Å². The molecule has 0 fully saturated rings. The summed E-state index contributed by atoms with van der Waals surface area (Å²) in [4.78, 5) is 10.2. The average molecular weight is 357 g/mol. The second-order valence-corrected chi connectivity index (χ2v) is 6.19. The molecule has 0 amide bonds. The maximum absolute atomic E-state index is 10.7. The number of hydrogen-bond donors (Lipinski definition) is 0. The summed E-state index contributed by atoms with van der Waals surface area (Å²) >= 11 is 1.40.